The van der Waals surface area contributed by atoms with Gasteiger partial charge in [0.05, 0.1) is 6.54 Å². The lowest BCUT2D eigenvalue weighted by Crippen LogP contribution is -2.16. The average molecular weight is 326 g/mol. The van der Waals surface area contributed by atoms with Crippen LogP contribution in [0, 0.1) is 11.7 Å². The number of benzene rings is 1. The first-order valence-corrected chi connectivity index (χ1v) is 7.00. The first-order valence-electron chi connectivity index (χ1n) is 6.21. The second-order valence-corrected chi connectivity index (χ2v) is 5.56. The van der Waals surface area contributed by atoms with E-state index in [0.29, 0.717) is 22.7 Å². The zero-order valence-electron chi connectivity index (χ0n) is 10.2. The number of hydrogen-bond acceptors (Lipinski definition) is 4. The van der Waals surface area contributed by atoms with E-state index in [0.717, 1.165) is 18.0 Å². The third-order valence-corrected chi connectivity index (χ3v) is 3.70. The summed E-state index contributed by atoms with van der Waals surface area (Å²) >= 11 is 3.30. The van der Waals surface area contributed by atoms with Crippen LogP contribution in [-0.4, -0.2) is 16.7 Å². The van der Waals surface area contributed by atoms with Crippen LogP contribution < -0.4 is 5.32 Å². The van der Waals surface area contributed by atoms with Crippen molar-refractivity contribution in [2.45, 2.75) is 19.4 Å². The normalized spacial score (nSPS) is 14.8. The molecule has 100 valence electrons. The van der Waals surface area contributed by atoms with Crippen LogP contribution >= 0.6 is 15.9 Å². The van der Waals surface area contributed by atoms with Gasteiger partial charge in [-0.15, -0.1) is 0 Å². The van der Waals surface area contributed by atoms with Crippen molar-refractivity contribution in [3.8, 4) is 11.4 Å². The third-order valence-electron chi connectivity index (χ3n) is 3.05. The number of rotatable bonds is 5. The van der Waals surface area contributed by atoms with Gasteiger partial charge in [0, 0.05) is 10.0 Å². The van der Waals surface area contributed by atoms with Gasteiger partial charge in [0.2, 0.25) is 11.7 Å². The van der Waals surface area contributed by atoms with Crippen molar-refractivity contribution in [1.29, 1.82) is 0 Å². The summed E-state index contributed by atoms with van der Waals surface area (Å²) in [5.41, 5.74) is 0.721. The summed E-state index contributed by atoms with van der Waals surface area (Å²) in [5, 5.41) is 7.20. The summed E-state index contributed by atoms with van der Waals surface area (Å²) in [5.74, 6) is 1.53. The number of halogens is 2. The van der Waals surface area contributed by atoms with Crippen LogP contribution in [0.15, 0.2) is 27.2 Å². The highest BCUT2D eigenvalue weighted by Gasteiger charge is 2.20. The van der Waals surface area contributed by atoms with Crippen molar-refractivity contribution in [2.24, 2.45) is 5.92 Å². The summed E-state index contributed by atoms with van der Waals surface area (Å²) in [6, 6.07) is 4.39. The summed E-state index contributed by atoms with van der Waals surface area (Å²) in [7, 11) is 0. The van der Waals surface area contributed by atoms with Crippen LogP contribution in [0.4, 0.5) is 4.39 Å². The molecule has 0 unspecified atom stereocenters. The van der Waals surface area contributed by atoms with Gasteiger partial charge in [-0.1, -0.05) is 5.16 Å². The van der Waals surface area contributed by atoms with E-state index in [4.69, 9.17) is 4.52 Å². The minimum absolute atomic E-state index is 0.301. The minimum atomic E-state index is -0.301. The Morgan fingerprint density at radius 3 is 3.00 bits per heavy atom. The molecule has 1 aromatic heterocycles. The van der Waals surface area contributed by atoms with E-state index in [2.05, 4.69) is 31.4 Å². The van der Waals surface area contributed by atoms with E-state index in [-0.39, 0.29) is 5.82 Å². The Bertz CT molecular complexity index is 583. The molecule has 0 radical (unpaired) electrons. The van der Waals surface area contributed by atoms with Gasteiger partial charge < -0.3 is 9.84 Å². The Hall–Kier alpha value is -1.27. The van der Waals surface area contributed by atoms with Crippen molar-refractivity contribution in [2.75, 3.05) is 6.54 Å². The summed E-state index contributed by atoms with van der Waals surface area (Å²) in [4.78, 5) is 4.30. The van der Waals surface area contributed by atoms with Gasteiger partial charge in [0.15, 0.2) is 0 Å². The van der Waals surface area contributed by atoms with Gasteiger partial charge in [0.1, 0.15) is 5.82 Å². The van der Waals surface area contributed by atoms with Gasteiger partial charge in [-0.3, -0.25) is 0 Å². The lowest BCUT2D eigenvalue weighted by Gasteiger charge is -1.98. The zero-order valence-corrected chi connectivity index (χ0v) is 11.8. The van der Waals surface area contributed by atoms with Crippen molar-refractivity contribution in [1.82, 2.24) is 15.5 Å². The van der Waals surface area contributed by atoms with Crippen molar-refractivity contribution < 1.29 is 8.91 Å². The molecule has 1 fully saturated rings. The van der Waals surface area contributed by atoms with E-state index in [1.807, 2.05) is 0 Å². The molecular weight excluding hydrogens is 313 g/mol. The Morgan fingerprint density at radius 1 is 1.42 bits per heavy atom. The highest BCUT2D eigenvalue weighted by molar-refractivity contribution is 9.10. The van der Waals surface area contributed by atoms with Gasteiger partial charge in [-0.05, 0) is 59.4 Å². The molecule has 1 aliphatic carbocycles. The van der Waals surface area contributed by atoms with E-state index < -0.39 is 0 Å². The van der Waals surface area contributed by atoms with Crippen molar-refractivity contribution >= 4 is 15.9 Å². The fraction of sp³-hybridized carbons (Fsp3) is 0.385. The first-order chi connectivity index (χ1) is 9.22. The maximum atomic E-state index is 13.0. The minimum Gasteiger partial charge on any atom is -0.338 e. The monoisotopic (exact) mass is 325 g/mol. The maximum Gasteiger partial charge on any atom is 0.240 e. The molecule has 1 aliphatic rings. The Morgan fingerprint density at radius 2 is 2.26 bits per heavy atom. The predicted molar refractivity (Wildman–Crippen MR) is 71.8 cm³/mol. The smallest absolute Gasteiger partial charge is 0.240 e. The molecule has 2 aromatic rings. The Balaban J connectivity index is 1.68. The standard InChI is InChI=1S/C13H13BrFN3O/c14-11-5-9(15)3-4-10(11)13-17-12(19-18-13)7-16-6-8-1-2-8/h3-5,8,16H,1-2,6-7H2. The molecule has 0 atom stereocenters. The second kappa shape index (κ2) is 5.38. The molecule has 0 amide bonds. The van der Waals surface area contributed by atoms with Crippen LogP contribution in [0.25, 0.3) is 11.4 Å². The van der Waals surface area contributed by atoms with E-state index in [1.54, 1.807) is 6.07 Å². The molecule has 0 spiro atoms. The molecular formula is C13H13BrFN3O. The average Bonchev–Trinajstić information content (AvgIpc) is 3.07. The summed E-state index contributed by atoms with van der Waals surface area (Å²) < 4.78 is 18.8. The largest absolute Gasteiger partial charge is 0.338 e. The Kier molecular flexibility index (Phi) is 3.61. The van der Waals surface area contributed by atoms with Crippen LogP contribution in [0.3, 0.4) is 0 Å². The lowest BCUT2D eigenvalue weighted by atomic mass is 10.2. The van der Waals surface area contributed by atoms with Crippen molar-refractivity contribution in [3.05, 3.63) is 34.4 Å². The van der Waals surface area contributed by atoms with Gasteiger partial charge >= 0.3 is 0 Å². The SMILES string of the molecule is Fc1ccc(-c2noc(CNCC3CC3)n2)c(Br)c1. The molecule has 1 saturated carbocycles. The Labute approximate surface area is 118 Å². The van der Waals surface area contributed by atoms with Gasteiger partial charge in [-0.25, -0.2) is 4.39 Å². The topological polar surface area (TPSA) is 51.0 Å². The van der Waals surface area contributed by atoms with Crippen LogP contribution in [0.2, 0.25) is 0 Å². The van der Waals surface area contributed by atoms with Crippen LogP contribution in [0.5, 0.6) is 0 Å². The quantitative estimate of drug-likeness (QED) is 0.917. The summed E-state index contributed by atoms with van der Waals surface area (Å²) in [6.07, 6.45) is 2.62. The predicted octanol–water partition coefficient (Wildman–Crippen LogP) is 3.14. The number of nitrogens with one attached hydrogen (secondary N) is 1. The lowest BCUT2D eigenvalue weighted by molar-refractivity contribution is 0.367. The molecule has 1 heterocycles. The molecule has 3 rings (SSSR count). The first kappa shape index (κ1) is 12.7. The maximum absolute atomic E-state index is 13.0. The third kappa shape index (κ3) is 3.19. The van der Waals surface area contributed by atoms with Gasteiger partial charge in [-0.2, -0.15) is 4.98 Å². The van der Waals surface area contributed by atoms with E-state index in [1.165, 1.54) is 25.0 Å². The molecule has 6 heteroatoms. The molecule has 0 aliphatic heterocycles. The van der Waals surface area contributed by atoms with Crippen LogP contribution in [-0.2, 0) is 6.54 Å². The second-order valence-electron chi connectivity index (χ2n) is 4.71. The fourth-order valence-corrected chi connectivity index (χ4v) is 2.34. The molecule has 0 saturated heterocycles. The highest BCUT2D eigenvalue weighted by Crippen LogP contribution is 2.28. The highest BCUT2D eigenvalue weighted by atomic mass is 79.9. The van der Waals surface area contributed by atoms with E-state index >= 15 is 0 Å². The zero-order chi connectivity index (χ0) is 13.2. The number of hydrogen-bond donors (Lipinski definition) is 1. The molecule has 19 heavy (non-hydrogen) atoms. The number of aromatic nitrogens is 2. The molecule has 4 nitrogen and oxygen atoms in total. The van der Waals surface area contributed by atoms with Crippen molar-refractivity contribution in [3.63, 3.8) is 0 Å². The molecule has 1 aromatic carbocycles. The van der Waals surface area contributed by atoms with E-state index in [9.17, 15) is 4.39 Å². The fourth-order valence-electron chi connectivity index (χ4n) is 1.81. The van der Waals surface area contributed by atoms with Crippen LogP contribution in [0.1, 0.15) is 18.7 Å². The van der Waals surface area contributed by atoms with Gasteiger partial charge in [0.25, 0.3) is 0 Å². The summed E-state index contributed by atoms with van der Waals surface area (Å²) in [6.45, 7) is 1.57. The number of nitrogens with zero attached hydrogens (tertiary/aromatic N) is 2. The molecule has 0 bridgehead atoms. The molecule has 1 N–H and O–H groups in total.